The zero-order valence-corrected chi connectivity index (χ0v) is 55.4. The summed E-state index contributed by atoms with van der Waals surface area (Å²) in [4.78, 5) is 76.5. The number of amides is 3. The van der Waals surface area contributed by atoms with Crippen molar-refractivity contribution in [3.63, 3.8) is 0 Å². The van der Waals surface area contributed by atoms with Crippen LogP contribution in [0.4, 0.5) is 14.4 Å². The number of hydrogen-bond acceptors (Lipinski definition) is 17. The fourth-order valence-electron chi connectivity index (χ4n) is 8.39. The number of hydrogen-bond donors (Lipinski definition) is 3. The van der Waals surface area contributed by atoms with E-state index in [-0.39, 0.29) is 76.0 Å². The molecule has 0 saturated heterocycles. The molecule has 0 aliphatic heterocycles. The maximum atomic E-state index is 13.0. The van der Waals surface area contributed by atoms with E-state index in [1.807, 2.05) is 109 Å². The van der Waals surface area contributed by atoms with E-state index >= 15 is 0 Å². The van der Waals surface area contributed by atoms with Crippen LogP contribution in [0.1, 0.15) is 56.4 Å². The SMILES string of the molecule is C=C(C)C(=O)OCCNC(=O)OC(CCc1ccc(Cl)cc1)COc1ccc(C(C)(c2ccc(OCC(CSc3ccc(Cl)cc3)OC(=O)NCCOC(=O)C(=C)C)cc2)c2ccc(OCC(CSc3ccc(Cl)cc3)OC(=O)NCCOC(=O)C(=C)C)cc2)cc1. The quantitative estimate of drug-likeness (QED) is 0.00831. The van der Waals surface area contributed by atoms with Crippen molar-refractivity contribution in [3.8, 4) is 17.2 Å². The third-order valence-electron chi connectivity index (χ3n) is 13.5. The summed E-state index contributed by atoms with van der Waals surface area (Å²) < 4.78 is 51.7. The van der Waals surface area contributed by atoms with E-state index in [9.17, 15) is 28.8 Å². The van der Waals surface area contributed by atoms with Gasteiger partial charge in [0.1, 0.15) is 75.2 Å². The van der Waals surface area contributed by atoms with E-state index in [1.165, 1.54) is 44.3 Å². The Morgan fingerprint density at radius 2 is 0.728 bits per heavy atom. The van der Waals surface area contributed by atoms with Crippen LogP contribution < -0.4 is 30.2 Å². The lowest BCUT2D eigenvalue weighted by atomic mass is 9.71. The number of carbonyl (C=O) groups is 6. The van der Waals surface area contributed by atoms with Crippen LogP contribution in [-0.2, 0) is 54.6 Å². The highest BCUT2D eigenvalue weighted by Crippen LogP contribution is 2.41. The second-order valence-electron chi connectivity index (χ2n) is 20.9. The lowest BCUT2D eigenvalue weighted by Crippen LogP contribution is -2.35. The minimum atomic E-state index is -0.841. The molecule has 6 aromatic carbocycles. The summed E-state index contributed by atoms with van der Waals surface area (Å²) in [5.41, 5.74) is 3.47. The largest absolute Gasteiger partial charge is 0.490 e. The summed E-state index contributed by atoms with van der Waals surface area (Å²) in [6.07, 6.45) is -3.31. The molecule has 6 aromatic rings. The van der Waals surface area contributed by atoms with Gasteiger partial charge in [-0.05, 0) is 160 Å². The van der Waals surface area contributed by atoms with Crippen molar-refractivity contribution >= 4 is 94.5 Å². The van der Waals surface area contributed by atoms with Crippen LogP contribution in [0.2, 0.25) is 15.1 Å². The third kappa shape index (κ3) is 25.4. The van der Waals surface area contributed by atoms with Crippen LogP contribution in [0.5, 0.6) is 17.2 Å². The van der Waals surface area contributed by atoms with Crippen molar-refractivity contribution in [3.05, 3.63) is 219 Å². The van der Waals surface area contributed by atoms with Crippen LogP contribution in [0, 0.1) is 0 Å². The van der Waals surface area contributed by atoms with Gasteiger partial charge >= 0.3 is 36.2 Å². The molecule has 0 spiro atoms. The maximum absolute atomic E-state index is 13.0. The second kappa shape index (κ2) is 37.9. The smallest absolute Gasteiger partial charge is 0.407 e. The van der Waals surface area contributed by atoms with Crippen molar-refractivity contribution in [2.75, 3.05) is 70.8 Å². The Morgan fingerprint density at radius 1 is 0.435 bits per heavy atom. The van der Waals surface area contributed by atoms with Crippen LogP contribution in [0.3, 0.4) is 0 Å². The molecular weight excluding hydrogens is 1280 g/mol. The minimum Gasteiger partial charge on any atom is -0.490 e. The van der Waals surface area contributed by atoms with Crippen molar-refractivity contribution in [2.24, 2.45) is 0 Å². The first kappa shape index (κ1) is 72.8. The van der Waals surface area contributed by atoms with Gasteiger partial charge in [-0.2, -0.15) is 0 Å². The van der Waals surface area contributed by atoms with Gasteiger partial charge in [0.2, 0.25) is 0 Å². The fourth-order valence-corrected chi connectivity index (χ4v) is 10.5. The zero-order valence-electron chi connectivity index (χ0n) is 51.5. The molecule has 488 valence electrons. The average molecular weight is 1360 g/mol. The van der Waals surface area contributed by atoms with Gasteiger partial charge in [-0.15, -0.1) is 23.5 Å². The van der Waals surface area contributed by atoms with Gasteiger partial charge < -0.3 is 58.6 Å². The first-order chi connectivity index (χ1) is 44.1. The lowest BCUT2D eigenvalue weighted by Gasteiger charge is -2.32. The van der Waals surface area contributed by atoms with Gasteiger partial charge in [0.15, 0.2) is 0 Å². The molecule has 0 bridgehead atoms. The molecule has 3 atom stereocenters. The van der Waals surface area contributed by atoms with E-state index < -0.39 is 59.9 Å². The highest BCUT2D eigenvalue weighted by molar-refractivity contribution is 7.99. The Labute approximate surface area is 559 Å². The Morgan fingerprint density at radius 3 is 1.04 bits per heavy atom. The molecule has 92 heavy (non-hydrogen) atoms. The molecular formula is C69H74Cl3N3O15S2. The molecule has 0 fully saturated rings. The van der Waals surface area contributed by atoms with Gasteiger partial charge in [0.05, 0.1) is 19.6 Å². The first-order valence-electron chi connectivity index (χ1n) is 29.2. The number of nitrogens with one attached hydrogen (secondary N) is 3. The topological polar surface area (TPSA) is 222 Å². The molecule has 0 aliphatic rings. The van der Waals surface area contributed by atoms with Gasteiger partial charge in [0.25, 0.3) is 0 Å². The predicted molar refractivity (Wildman–Crippen MR) is 358 cm³/mol. The van der Waals surface area contributed by atoms with E-state index in [0.717, 1.165) is 32.0 Å². The maximum Gasteiger partial charge on any atom is 0.407 e. The van der Waals surface area contributed by atoms with Crippen LogP contribution in [-0.4, -0.2) is 125 Å². The molecule has 3 amide bonds. The van der Waals surface area contributed by atoms with E-state index in [0.29, 0.717) is 56.7 Å². The first-order valence-corrected chi connectivity index (χ1v) is 32.3. The standard InChI is InChI=1S/C69H74Cl3N3O15S2/c1-45(2)63(76)82-37-34-73-66(79)88-58(23-10-48-8-17-52(70)18-9-48)40-85-55-24-11-49(12-25-55)69(7,50-13-26-56(27-14-50)86-41-59(43-91-61-30-19-53(71)20-31-61)89-67(80)74-35-38-83-64(77)46(3)4)51-15-28-57(29-16-51)87-42-60(44-92-62-32-21-54(72)22-33-62)90-68(81)75-36-39-84-65(78)47(5)6/h8-9,11-22,24-33,58-60H,1,3,5,10,23,34-44H2,2,4,6-7H3,(H,73,79)(H,74,80)(H,75,81). The molecule has 0 aromatic heterocycles. The number of ether oxygens (including phenoxy) is 9. The van der Waals surface area contributed by atoms with Gasteiger partial charge in [-0.1, -0.05) is 103 Å². The summed E-state index contributed by atoms with van der Waals surface area (Å²) >= 11 is 21.3. The molecule has 23 heteroatoms. The summed E-state index contributed by atoms with van der Waals surface area (Å²) in [5.74, 6) is 0.467. The normalized spacial score (nSPS) is 12.4. The van der Waals surface area contributed by atoms with Crippen LogP contribution in [0.25, 0.3) is 0 Å². The number of rotatable bonds is 36. The molecule has 0 saturated carbocycles. The second-order valence-corrected chi connectivity index (χ2v) is 24.4. The Hall–Kier alpha value is -8.27. The highest BCUT2D eigenvalue weighted by atomic mass is 35.5. The summed E-state index contributed by atoms with van der Waals surface area (Å²) in [5, 5.41) is 9.63. The third-order valence-corrected chi connectivity index (χ3v) is 16.5. The number of aryl methyl sites for hydroxylation is 1. The van der Waals surface area contributed by atoms with E-state index in [4.69, 9.17) is 77.4 Å². The molecule has 0 heterocycles. The van der Waals surface area contributed by atoms with E-state index in [2.05, 4.69) is 42.6 Å². The molecule has 6 rings (SSSR count). The minimum absolute atomic E-state index is 0.00773. The Kier molecular flexibility index (Phi) is 30.0. The molecule has 0 aliphatic carbocycles. The number of benzene rings is 6. The highest BCUT2D eigenvalue weighted by Gasteiger charge is 2.32. The molecule has 0 radical (unpaired) electrons. The number of esters is 3. The molecule has 3 N–H and O–H groups in total. The molecule has 18 nitrogen and oxygen atoms in total. The van der Waals surface area contributed by atoms with Crippen molar-refractivity contribution < 1.29 is 71.4 Å². The number of carbonyl (C=O) groups excluding carboxylic acids is 6. The van der Waals surface area contributed by atoms with Crippen molar-refractivity contribution in [1.29, 1.82) is 0 Å². The van der Waals surface area contributed by atoms with Gasteiger partial charge in [-0.3, -0.25) is 0 Å². The van der Waals surface area contributed by atoms with Crippen LogP contribution >= 0.6 is 58.3 Å². The van der Waals surface area contributed by atoms with Gasteiger partial charge in [-0.25, -0.2) is 28.8 Å². The number of thioether (sulfide) groups is 2. The summed E-state index contributed by atoms with van der Waals surface area (Å²) in [6, 6.07) is 44.7. The zero-order chi connectivity index (χ0) is 66.4. The average Bonchev–Trinajstić information content (AvgIpc) is 0.767. The van der Waals surface area contributed by atoms with E-state index in [1.54, 1.807) is 36.4 Å². The van der Waals surface area contributed by atoms with Crippen LogP contribution in [0.15, 0.2) is 192 Å². The van der Waals surface area contributed by atoms with Crippen molar-refractivity contribution in [1.82, 2.24) is 16.0 Å². The Balaban J connectivity index is 1.22. The Bertz CT molecular complexity index is 3060. The summed E-state index contributed by atoms with van der Waals surface area (Å²) in [7, 11) is 0. The van der Waals surface area contributed by atoms with Crippen molar-refractivity contribution in [2.45, 2.75) is 74.1 Å². The number of halogens is 3. The fraction of sp³-hybridized carbons (Fsp3) is 0.304. The number of alkyl carbamates (subject to hydrolysis) is 3. The van der Waals surface area contributed by atoms with Gasteiger partial charge in [0, 0.05) is 58.5 Å². The monoisotopic (exact) mass is 1350 g/mol. The summed E-state index contributed by atoms with van der Waals surface area (Å²) in [6.45, 7) is 17.2. The molecule has 3 unspecified atom stereocenters. The lowest BCUT2D eigenvalue weighted by molar-refractivity contribution is -0.139. The predicted octanol–water partition coefficient (Wildman–Crippen LogP) is 14.0.